The highest BCUT2D eigenvalue weighted by molar-refractivity contribution is 7.25. The van der Waals surface area contributed by atoms with Gasteiger partial charge < -0.3 is 11.5 Å². The second-order valence-corrected chi connectivity index (χ2v) is 7.82. The fourth-order valence-electron chi connectivity index (χ4n) is 2.80. The Hall–Kier alpha value is -2.40. The summed E-state index contributed by atoms with van der Waals surface area (Å²) in [6.07, 6.45) is 0. The molecule has 5 heteroatoms. The lowest BCUT2D eigenvalue weighted by Crippen LogP contribution is -2.15. The average molecular weight is 353 g/mol. The zero-order valence-corrected chi connectivity index (χ0v) is 15.9. The molecule has 0 amide bonds. The number of fused-ring (bicyclic) bond motifs is 3. The van der Waals surface area contributed by atoms with Crippen molar-refractivity contribution in [2.75, 3.05) is 0 Å². The minimum atomic E-state index is 0.184. The van der Waals surface area contributed by atoms with Gasteiger partial charge in [-0.1, -0.05) is 24.3 Å². The number of aliphatic imine (C=N–C) groups is 2. The second-order valence-electron chi connectivity index (χ2n) is 6.74. The molecule has 1 heterocycles. The van der Waals surface area contributed by atoms with Gasteiger partial charge in [-0.25, -0.2) is 0 Å². The number of rotatable bonds is 4. The summed E-state index contributed by atoms with van der Waals surface area (Å²) < 4.78 is 2.40. The van der Waals surface area contributed by atoms with Gasteiger partial charge in [0.2, 0.25) is 0 Å². The molecule has 0 aliphatic heterocycles. The Bertz CT molecular complexity index is 902. The van der Waals surface area contributed by atoms with Crippen LogP contribution in [0.5, 0.6) is 0 Å². The van der Waals surface area contributed by atoms with Crippen LogP contribution in [0.4, 0.5) is 0 Å². The molecule has 4 nitrogen and oxygen atoms in total. The third-order valence-corrected chi connectivity index (χ3v) is 4.97. The van der Waals surface area contributed by atoms with E-state index in [0.717, 1.165) is 11.1 Å². The number of nitrogens with two attached hydrogens (primary N) is 2. The van der Waals surface area contributed by atoms with Crippen LogP contribution < -0.4 is 11.5 Å². The molecule has 3 aromatic rings. The van der Waals surface area contributed by atoms with E-state index in [1.54, 1.807) is 11.3 Å². The van der Waals surface area contributed by atoms with Gasteiger partial charge in [-0.3, -0.25) is 9.98 Å². The molecule has 0 radical (unpaired) electrons. The van der Waals surface area contributed by atoms with Crippen molar-refractivity contribution in [1.82, 2.24) is 0 Å². The summed E-state index contributed by atoms with van der Waals surface area (Å²) in [7, 11) is 0. The summed E-state index contributed by atoms with van der Waals surface area (Å²) in [5.74, 6) is 1.17. The number of benzene rings is 2. The first-order valence-electron chi connectivity index (χ1n) is 8.48. The smallest absolute Gasteiger partial charge is 0.125 e. The first-order chi connectivity index (χ1) is 11.8. The number of amidine groups is 2. The zero-order valence-electron chi connectivity index (χ0n) is 15.1. The molecule has 0 aliphatic carbocycles. The molecule has 0 fully saturated rings. The maximum atomic E-state index is 6.11. The second kappa shape index (κ2) is 6.84. The van der Waals surface area contributed by atoms with Crippen LogP contribution in [-0.4, -0.2) is 23.8 Å². The number of thiophene rings is 1. The number of hydrogen-bond donors (Lipinski definition) is 2. The van der Waals surface area contributed by atoms with E-state index in [-0.39, 0.29) is 12.1 Å². The lowest BCUT2D eigenvalue weighted by molar-refractivity contribution is 0.834. The van der Waals surface area contributed by atoms with Crippen LogP contribution in [0, 0.1) is 0 Å². The van der Waals surface area contributed by atoms with Crippen LogP contribution in [0.2, 0.25) is 0 Å². The summed E-state index contributed by atoms with van der Waals surface area (Å²) in [6.45, 7) is 8.09. The minimum absolute atomic E-state index is 0.184. The third-order valence-electron chi connectivity index (χ3n) is 3.86. The van der Waals surface area contributed by atoms with E-state index in [1.807, 2.05) is 39.8 Å². The van der Waals surface area contributed by atoms with Crippen molar-refractivity contribution in [3.05, 3.63) is 47.5 Å². The zero-order chi connectivity index (χ0) is 18.1. The predicted molar refractivity (Wildman–Crippen MR) is 111 cm³/mol. The lowest BCUT2D eigenvalue weighted by Gasteiger charge is -2.04. The van der Waals surface area contributed by atoms with Crippen molar-refractivity contribution in [1.29, 1.82) is 0 Å². The summed E-state index contributed by atoms with van der Waals surface area (Å²) in [4.78, 5) is 8.88. The highest BCUT2D eigenvalue weighted by Gasteiger charge is 2.10. The van der Waals surface area contributed by atoms with Crippen LogP contribution >= 0.6 is 11.3 Å². The molecule has 130 valence electrons. The standard InChI is InChI=1S/C20H24N4S/c1-11(2)23-19(21)13-5-7-15-16-8-6-14(20(22)24-12(3)4)10-18(16)25-17(15)9-13/h5-12H,1-4H3,(H2,21,23)(H2,22,24). The Balaban J connectivity index is 2.09. The Morgan fingerprint density at radius 2 is 1.16 bits per heavy atom. The van der Waals surface area contributed by atoms with Gasteiger partial charge in [-0.2, -0.15) is 0 Å². The normalized spacial score (nSPS) is 13.5. The van der Waals surface area contributed by atoms with Crippen molar-refractivity contribution in [3.63, 3.8) is 0 Å². The predicted octanol–water partition coefficient (Wildman–Crippen LogP) is 4.28. The van der Waals surface area contributed by atoms with Crippen LogP contribution in [0.1, 0.15) is 38.8 Å². The van der Waals surface area contributed by atoms with E-state index in [2.05, 4.69) is 34.3 Å². The molecule has 0 aliphatic rings. The number of hydrogen-bond acceptors (Lipinski definition) is 3. The van der Waals surface area contributed by atoms with Crippen molar-refractivity contribution in [2.45, 2.75) is 39.8 Å². The van der Waals surface area contributed by atoms with Gasteiger partial charge in [-0.15, -0.1) is 11.3 Å². The van der Waals surface area contributed by atoms with Gasteiger partial charge in [-0.05, 0) is 39.8 Å². The summed E-state index contributed by atoms with van der Waals surface area (Å²) >= 11 is 1.74. The molecular formula is C20H24N4S. The topological polar surface area (TPSA) is 76.8 Å². The molecule has 0 saturated carbocycles. The Kier molecular flexibility index (Phi) is 4.77. The molecule has 0 saturated heterocycles. The Morgan fingerprint density at radius 1 is 0.760 bits per heavy atom. The molecule has 2 aromatic carbocycles. The fourth-order valence-corrected chi connectivity index (χ4v) is 3.99. The fraction of sp³-hybridized carbons (Fsp3) is 0.300. The summed E-state index contributed by atoms with van der Waals surface area (Å²) in [5.41, 5.74) is 14.2. The van der Waals surface area contributed by atoms with Gasteiger partial charge in [0.1, 0.15) is 11.7 Å². The quantitative estimate of drug-likeness (QED) is 0.543. The van der Waals surface area contributed by atoms with Gasteiger partial charge in [0, 0.05) is 43.4 Å². The molecule has 0 unspecified atom stereocenters. The van der Waals surface area contributed by atoms with E-state index < -0.39 is 0 Å². The molecule has 0 bridgehead atoms. The molecule has 1 aromatic heterocycles. The average Bonchev–Trinajstić information content (AvgIpc) is 2.90. The van der Waals surface area contributed by atoms with Crippen LogP contribution in [-0.2, 0) is 0 Å². The van der Waals surface area contributed by atoms with Crippen molar-refractivity contribution < 1.29 is 0 Å². The third kappa shape index (κ3) is 3.66. The molecule has 0 atom stereocenters. The molecular weight excluding hydrogens is 328 g/mol. The summed E-state index contributed by atoms with van der Waals surface area (Å²) in [6, 6.07) is 12.9. The van der Waals surface area contributed by atoms with Gasteiger partial charge >= 0.3 is 0 Å². The van der Waals surface area contributed by atoms with Crippen molar-refractivity contribution in [2.24, 2.45) is 21.5 Å². The highest BCUT2D eigenvalue weighted by atomic mass is 32.1. The van der Waals surface area contributed by atoms with Crippen LogP contribution in [0.15, 0.2) is 46.4 Å². The minimum Gasteiger partial charge on any atom is -0.383 e. The first kappa shape index (κ1) is 17.4. The van der Waals surface area contributed by atoms with Crippen molar-refractivity contribution >= 4 is 43.2 Å². The van der Waals surface area contributed by atoms with Crippen molar-refractivity contribution in [3.8, 4) is 0 Å². The Labute approximate surface area is 152 Å². The van der Waals surface area contributed by atoms with Gasteiger partial charge in [0.05, 0.1) is 0 Å². The highest BCUT2D eigenvalue weighted by Crippen LogP contribution is 2.35. The monoisotopic (exact) mass is 352 g/mol. The first-order valence-corrected chi connectivity index (χ1v) is 9.30. The van der Waals surface area contributed by atoms with E-state index in [0.29, 0.717) is 11.7 Å². The maximum absolute atomic E-state index is 6.11. The molecule has 0 spiro atoms. The number of nitrogens with zero attached hydrogens (tertiary/aromatic N) is 2. The summed E-state index contributed by atoms with van der Waals surface area (Å²) in [5, 5.41) is 2.46. The van der Waals surface area contributed by atoms with Crippen LogP contribution in [0.25, 0.3) is 20.2 Å². The molecule has 25 heavy (non-hydrogen) atoms. The Morgan fingerprint density at radius 3 is 1.52 bits per heavy atom. The molecule has 4 N–H and O–H groups in total. The van der Waals surface area contributed by atoms with E-state index >= 15 is 0 Å². The van der Waals surface area contributed by atoms with E-state index in [9.17, 15) is 0 Å². The lowest BCUT2D eigenvalue weighted by atomic mass is 10.1. The van der Waals surface area contributed by atoms with Gasteiger partial charge in [0.25, 0.3) is 0 Å². The van der Waals surface area contributed by atoms with E-state index in [1.165, 1.54) is 20.2 Å². The van der Waals surface area contributed by atoms with Crippen LogP contribution in [0.3, 0.4) is 0 Å². The molecule has 3 rings (SSSR count). The van der Waals surface area contributed by atoms with Gasteiger partial charge in [0.15, 0.2) is 0 Å². The maximum Gasteiger partial charge on any atom is 0.125 e. The largest absolute Gasteiger partial charge is 0.383 e. The SMILES string of the molecule is CC(C)N=C(N)c1ccc2c(c1)sc1cc(C(N)=NC(C)C)ccc12. The van der Waals surface area contributed by atoms with E-state index in [4.69, 9.17) is 11.5 Å².